The summed E-state index contributed by atoms with van der Waals surface area (Å²) in [5.74, 6) is 0.751. The van der Waals surface area contributed by atoms with Crippen molar-refractivity contribution in [1.29, 1.82) is 0 Å². The number of hydrogen-bond donors (Lipinski definition) is 1. The standard InChI is InChI=1S/C17H26N2O4S/c1-4-24(21,22)19-11-9-15(10-12-19)17(20)18-13(2)14-5-7-16(23-3)8-6-14/h5-8,13,15H,4,9-12H2,1-3H3,(H,18,20). The second-order valence-electron chi connectivity index (χ2n) is 6.08. The van der Waals surface area contributed by atoms with E-state index >= 15 is 0 Å². The predicted molar refractivity (Wildman–Crippen MR) is 93.3 cm³/mol. The Morgan fingerprint density at radius 1 is 1.29 bits per heavy atom. The van der Waals surface area contributed by atoms with Crippen molar-refractivity contribution >= 4 is 15.9 Å². The molecule has 1 N–H and O–H groups in total. The molecule has 1 aromatic rings. The molecule has 1 aliphatic rings. The fraction of sp³-hybridized carbons (Fsp3) is 0.588. The van der Waals surface area contributed by atoms with Gasteiger partial charge in [-0.25, -0.2) is 12.7 Å². The second-order valence-corrected chi connectivity index (χ2v) is 8.33. The Morgan fingerprint density at radius 2 is 1.88 bits per heavy atom. The highest BCUT2D eigenvalue weighted by atomic mass is 32.2. The Kier molecular flexibility index (Phi) is 6.23. The van der Waals surface area contributed by atoms with Gasteiger partial charge < -0.3 is 10.1 Å². The zero-order chi connectivity index (χ0) is 17.7. The number of nitrogens with one attached hydrogen (secondary N) is 1. The molecule has 0 spiro atoms. The second kappa shape index (κ2) is 7.98. The van der Waals surface area contributed by atoms with Gasteiger partial charge in [0.15, 0.2) is 0 Å². The SMILES string of the molecule is CCS(=O)(=O)N1CCC(C(=O)NC(C)c2ccc(OC)cc2)CC1. The number of amides is 1. The number of carbonyl (C=O) groups excluding carboxylic acids is 1. The highest BCUT2D eigenvalue weighted by molar-refractivity contribution is 7.89. The molecule has 0 radical (unpaired) electrons. The Morgan fingerprint density at radius 3 is 2.38 bits per heavy atom. The number of benzene rings is 1. The Bertz CT molecular complexity index is 650. The van der Waals surface area contributed by atoms with Crippen LogP contribution in [0.1, 0.15) is 38.3 Å². The largest absolute Gasteiger partial charge is 0.497 e. The normalized spacial score (nSPS) is 18.1. The summed E-state index contributed by atoms with van der Waals surface area (Å²) in [6, 6.07) is 7.50. The number of nitrogens with zero attached hydrogens (tertiary/aromatic N) is 1. The molecule has 134 valence electrons. The van der Waals surface area contributed by atoms with Crippen molar-refractivity contribution < 1.29 is 17.9 Å². The van der Waals surface area contributed by atoms with Crippen LogP contribution < -0.4 is 10.1 Å². The molecule has 7 heteroatoms. The van der Waals surface area contributed by atoms with Gasteiger partial charge >= 0.3 is 0 Å². The van der Waals surface area contributed by atoms with Crippen LogP contribution in [0.2, 0.25) is 0 Å². The third-order valence-corrected chi connectivity index (χ3v) is 6.44. The molecule has 24 heavy (non-hydrogen) atoms. The fourth-order valence-electron chi connectivity index (χ4n) is 2.89. The van der Waals surface area contributed by atoms with E-state index < -0.39 is 10.0 Å². The van der Waals surface area contributed by atoms with E-state index in [-0.39, 0.29) is 23.6 Å². The lowest BCUT2D eigenvalue weighted by atomic mass is 9.96. The third kappa shape index (κ3) is 4.48. The van der Waals surface area contributed by atoms with Crippen molar-refractivity contribution in [3.8, 4) is 5.75 Å². The summed E-state index contributed by atoms with van der Waals surface area (Å²) in [5.41, 5.74) is 1.01. The van der Waals surface area contributed by atoms with Gasteiger partial charge in [0.2, 0.25) is 15.9 Å². The Labute approximate surface area is 144 Å². The summed E-state index contributed by atoms with van der Waals surface area (Å²) < 4.78 is 30.3. The quantitative estimate of drug-likeness (QED) is 0.847. The van der Waals surface area contributed by atoms with Gasteiger partial charge in [0.1, 0.15) is 5.75 Å². The molecule has 0 aromatic heterocycles. The first kappa shape index (κ1) is 18.7. The third-order valence-electron chi connectivity index (χ3n) is 4.56. The number of ether oxygens (including phenoxy) is 1. The molecule has 1 atom stereocenters. The minimum absolute atomic E-state index is 0.00753. The summed E-state index contributed by atoms with van der Waals surface area (Å²) in [4.78, 5) is 12.4. The van der Waals surface area contributed by atoms with Crippen molar-refractivity contribution in [2.75, 3.05) is 26.0 Å². The summed E-state index contributed by atoms with van der Waals surface area (Å²) in [6.07, 6.45) is 1.14. The van der Waals surface area contributed by atoms with Crippen LogP contribution in [0.4, 0.5) is 0 Å². The van der Waals surface area contributed by atoms with Crippen LogP contribution in [0, 0.1) is 5.92 Å². The van der Waals surface area contributed by atoms with E-state index in [4.69, 9.17) is 4.74 Å². The van der Waals surface area contributed by atoms with Gasteiger partial charge in [-0.2, -0.15) is 0 Å². The number of sulfonamides is 1. The average Bonchev–Trinajstić information content (AvgIpc) is 2.61. The van der Waals surface area contributed by atoms with Crippen LogP contribution in [0.15, 0.2) is 24.3 Å². The zero-order valence-electron chi connectivity index (χ0n) is 14.5. The van der Waals surface area contributed by atoms with Crippen LogP contribution in [0.5, 0.6) is 5.75 Å². The summed E-state index contributed by atoms with van der Waals surface area (Å²) >= 11 is 0. The molecule has 1 amide bonds. The number of hydrogen-bond acceptors (Lipinski definition) is 4. The van der Waals surface area contributed by atoms with E-state index in [1.54, 1.807) is 14.0 Å². The number of methoxy groups -OCH3 is 1. The minimum atomic E-state index is -3.15. The lowest BCUT2D eigenvalue weighted by Gasteiger charge is -2.31. The molecule has 2 rings (SSSR count). The number of carbonyl (C=O) groups is 1. The van der Waals surface area contributed by atoms with Gasteiger partial charge in [-0.3, -0.25) is 4.79 Å². The first-order valence-corrected chi connectivity index (χ1v) is 9.90. The molecular formula is C17H26N2O4S. The van der Waals surface area contributed by atoms with Gasteiger partial charge in [0.25, 0.3) is 0 Å². The van der Waals surface area contributed by atoms with Gasteiger partial charge in [-0.15, -0.1) is 0 Å². The van der Waals surface area contributed by atoms with Crippen LogP contribution in [-0.4, -0.2) is 44.6 Å². The first-order chi connectivity index (χ1) is 11.4. The highest BCUT2D eigenvalue weighted by Gasteiger charge is 2.30. The van der Waals surface area contributed by atoms with Crippen molar-refractivity contribution in [2.45, 2.75) is 32.7 Å². The van der Waals surface area contributed by atoms with Gasteiger partial charge in [-0.1, -0.05) is 12.1 Å². The van der Waals surface area contributed by atoms with Crippen LogP contribution >= 0.6 is 0 Å². The molecule has 1 fully saturated rings. The molecule has 6 nitrogen and oxygen atoms in total. The van der Waals surface area contributed by atoms with Crippen LogP contribution in [0.25, 0.3) is 0 Å². The lowest BCUT2D eigenvalue weighted by Crippen LogP contribution is -2.43. The predicted octanol–water partition coefficient (Wildman–Crippen LogP) is 1.93. The molecule has 0 bridgehead atoms. The summed E-state index contributed by atoms with van der Waals surface area (Å²) in [5, 5.41) is 3.02. The molecule has 1 unspecified atom stereocenters. The molecule has 1 saturated heterocycles. The molecule has 0 aliphatic carbocycles. The van der Waals surface area contributed by atoms with Gasteiger partial charge in [0, 0.05) is 19.0 Å². The average molecular weight is 354 g/mol. The maximum Gasteiger partial charge on any atom is 0.223 e. The van der Waals surface area contributed by atoms with Crippen LogP contribution in [-0.2, 0) is 14.8 Å². The van der Waals surface area contributed by atoms with E-state index in [0.29, 0.717) is 25.9 Å². The highest BCUT2D eigenvalue weighted by Crippen LogP contribution is 2.22. The van der Waals surface area contributed by atoms with E-state index in [2.05, 4.69) is 5.32 Å². The number of piperidine rings is 1. The van der Waals surface area contributed by atoms with Gasteiger partial charge in [0.05, 0.1) is 18.9 Å². The molecule has 1 aliphatic heterocycles. The van der Waals surface area contributed by atoms with E-state index in [9.17, 15) is 13.2 Å². The molecule has 0 saturated carbocycles. The van der Waals surface area contributed by atoms with E-state index in [0.717, 1.165) is 11.3 Å². The lowest BCUT2D eigenvalue weighted by molar-refractivity contribution is -0.126. The summed E-state index contributed by atoms with van der Waals surface area (Å²) in [6.45, 7) is 4.43. The zero-order valence-corrected chi connectivity index (χ0v) is 15.3. The topological polar surface area (TPSA) is 75.7 Å². The monoisotopic (exact) mass is 354 g/mol. The first-order valence-electron chi connectivity index (χ1n) is 8.29. The molecule has 1 heterocycles. The van der Waals surface area contributed by atoms with Crippen LogP contribution in [0.3, 0.4) is 0 Å². The van der Waals surface area contributed by atoms with E-state index in [1.165, 1.54) is 4.31 Å². The minimum Gasteiger partial charge on any atom is -0.497 e. The van der Waals surface area contributed by atoms with Crippen molar-refractivity contribution in [1.82, 2.24) is 9.62 Å². The van der Waals surface area contributed by atoms with Crippen molar-refractivity contribution in [3.05, 3.63) is 29.8 Å². The van der Waals surface area contributed by atoms with Gasteiger partial charge in [-0.05, 0) is 44.4 Å². The van der Waals surface area contributed by atoms with Crippen molar-refractivity contribution in [2.24, 2.45) is 5.92 Å². The fourth-order valence-corrected chi connectivity index (χ4v) is 4.02. The molecular weight excluding hydrogens is 328 g/mol. The smallest absolute Gasteiger partial charge is 0.223 e. The maximum atomic E-state index is 12.4. The number of rotatable bonds is 6. The summed E-state index contributed by atoms with van der Waals surface area (Å²) in [7, 11) is -1.54. The maximum absolute atomic E-state index is 12.4. The Hall–Kier alpha value is -1.60. The van der Waals surface area contributed by atoms with E-state index in [1.807, 2.05) is 31.2 Å². The van der Waals surface area contributed by atoms with Crippen molar-refractivity contribution in [3.63, 3.8) is 0 Å². The Balaban J connectivity index is 1.89. The molecule has 1 aromatic carbocycles.